The molecule has 0 aromatic carbocycles. The molecule has 110 valence electrons. The van der Waals surface area contributed by atoms with Crippen molar-refractivity contribution in [2.75, 3.05) is 0 Å². The summed E-state index contributed by atoms with van der Waals surface area (Å²) in [7, 11) is -0.383. The van der Waals surface area contributed by atoms with Gasteiger partial charge in [-0.25, -0.2) is 4.68 Å². The van der Waals surface area contributed by atoms with Crippen LogP contribution in [0.2, 0.25) is 0 Å². The zero-order valence-corrected chi connectivity index (χ0v) is 13.1. The number of aromatic nitrogens is 3. The summed E-state index contributed by atoms with van der Waals surface area (Å²) in [5, 5.41) is 4.42. The van der Waals surface area contributed by atoms with Gasteiger partial charge < -0.3 is 9.31 Å². The van der Waals surface area contributed by atoms with Gasteiger partial charge in [0.15, 0.2) is 0 Å². The second kappa shape index (κ2) is 4.68. The first-order valence-electron chi connectivity index (χ1n) is 7.11. The molecule has 2 aromatic rings. The number of aryl methyl sites for hydroxylation is 1. The van der Waals surface area contributed by atoms with Crippen molar-refractivity contribution >= 4 is 12.6 Å². The molecule has 1 aliphatic rings. The average molecular weight is 285 g/mol. The Morgan fingerprint density at radius 3 is 2.38 bits per heavy atom. The van der Waals surface area contributed by atoms with E-state index in [4.69, 9.17) is 9.31 Å². The molecule has 0 radical (unpaired) electrons. The van der Waals surface area contributed by atoms with Gasteiger partial charge in [-0.2, -0.15) is 5.10 Å². The molecule has 0 spiro atoms. The van der Waals surface area contributed by atoms with E-state index in [1.807, 2.05) is 57.8 Å². The number of hydrogen-bond acceptors (Lipinski definition) is 4. The summed E-state index contributed by atoms with van der Waals surface area (Å²) in [5.74, 6) is 0. The molecule has 1 saturated heterocycles. The van der Waals surface area contributed by atoms with Crippen LogP contribution in [0.3, 0.4) is 0 Å². The van der Waals surface area contributed by atoms with E-state index in [2.05, 4.69) is 10.1 Å². The van der Waals surface area contributed by atoms with E-state index >= 15 is 0 Å². The van der Waals surface area contributed by atoms with Crippen LogP contribution in [0.4, 0.5) is 0 Å². The van der Waals surface area contributed by atoms with Gasteiger partial charge in [0.1, 0.15) is 0 Å². The maximum atomic E-state index is 6.04. The standard InChI is InChI=1S/C15H20BN3O2/c1-11-8-17-7-6-13(11)19-10-12(9-18-19)16-20-14(2,3)15(4,5)21-16/h6-10H,1-5H3. The van der Waals surface area contributed by atoms with Gasteiger partial charge in [0.2, 0.25) is 0 Å². The van der Waals surface area contributed by atoms with E-state index < -0.39 is 0 Å². The molecule has 5 nitrogen and oxygen atoms in total. The Hall–Kier alpha value is -1.66. The molecule has 0 aliphatic carbocycles. The van der Waals surface area contributed by atoms with Crippen molar-refractivity contribution in [3.8, 4) is 5.69 Å². The van der Waals surface area contributed by atoms with Gasteiger partial charge in [0, 0.05) is 30.3 Å². The van der Waals surface area contributed by atoms with Gasteiger partial charge in [-0.05, 0) is 46.2 Å². The molecule has 0 atom stereocenters. The van der Waals surface area contributed by atoms with E-state index in [1.165, 1.54) is 0 Å². The molecule has 3 heterocycles. The molecule has 0 amide bonds. The zero-order valence-electron chi connectivity index (χ0n) is 13.1. The largest absolute Gasteiger partial charge is 0.498 e. The molecule has 1 fully saturated rings. The number of nitrogens with zero attached hydrogens (tertiary/aromatic N) is 3. The van der Waals surface area contributed by atoms with Crippen LogP contribution in [0.15, 0.2) is 30.9 Å². The summed E-state index contributed by atoms with van der Waals surface area (Å²) < 4.78 is 13.9. The Bertz CT molecular complexity index is 650. The maximum absolute atomic E-state index is 6.04. The molecule has 3 rings (SSSR count). The average Bonchev–Trinajstić information content (AvgIpc) is 2.94. The first-order chi connectivity index (χ1) is 9.80. The lowest BCUT2D eigenvalue weighted by atomic mass is 9.82. The van der Waals surface area contributed by atoms with E-state index in [0.717, 1.165) is 16.7 Å². The SMILES string of the molecule is Cc1cnccc1-n1cc(B2OC(C)(C)C(C)(C)O2)cn1. The number of rotatable bonds is 2. The fourth-order valence-corrected chi connectivity index (χ4v) is 2.29. The molecule has 0 bridgehead atoms. The molecule has 0 N–H and O–H groups in total. The Labute approximate surface area is 125 Å². The molecular weight excluding hydrogens is 265 g/mol. The quantitative estimate of drug-likeness (QED) is 0.790. The molecule has 21 heavy (non-hydrogen) atoms. The minimum atomic E-state index is -0.383. The monoisotopic (exact) mass is 285 g/mol. The topological polar surface area (TPSA) is 49.2 Å². The molecule has 6 heteroatoms. The first kappa shape index (κ1) is 14.3. The molecule has 1 aliphatic heterocycles. The summed E-state index contributed by atoms with van der Waals surface area (Å²) in [6.07, 6.45) is 7.33. The van der Waals surface area contributed by atoms with Crippen LogP contribution in [-0.2, 0) is 9.31 Å². The van der Waals surface area contributed by atoms with Crippen LogP contribution < -0.4 is 5.46 Å². The van der Waals surface area contributed by atoms with Crippen molar-refractivity contribution in [2.45, 2.75) is 45.8 Å². The number of hydrogen-bond donors (Lipinski definition) is 0. The third kappa shape index (κ3) is 2.38. The highest BCUT2D eigenvalue weighted by molar-refractivity contribution is 6.62. The Morgan fingerprint density at radius 1 is 1.10 bits per heavy atom. The van der Waals surface area contributed by atoms with Crippen molar-refractivity contribution in [2.24, 2.45) is 0 Å². The smallest absolute Gasteiger partial charge is 0.399 e. The third-order valence-corrected chi connectivity index (χ3v) is 4.37. The summed E-state index contributed by atoms with van der Waals surface area (Å²) in [6.45, 7) is 10.2. The molecule has 0 unspecified atom stereocenters. The Kier molecular flexibility index (Phi) is 3.18. The molecular formula is C15H20BN3O2. The predicted molar refractivity (Wildman–Crippen MR) is 81.8 cm³/mol. The van der Waals surface area contributed by atoms with E-state index in [9.17, 15) is 0 Å². The first-order valence-corrected chi connectivity index (χ1v) is 7.11. The summed E-state index contributed by atoms with van der Waals surface area (Å²) >= 11 is 0. The lowest BCUT2D eigenvalue weighted by molar-refractivity contribution is 0.00578. The summed E-state index contributed by atoms with van der Waals surface area (Å²) in [4.78, 5) is 4.10. The highest BCUT2D eigenvalue weighted by Crippen LogP contribution is 2.36. The van der Waals surface area contributed by atoms with Crippen molar-refractivity contribution in [3.05, 3.63) is 36.4 Å². The predicted octanol–water partition coefficient (Wildman–Crippen LogP) is 1.87. The van der Waals surface area contributed by atoms with Gasteiger partial charge in [0.05, 0.1) is 16.9 Å². The van der Waals surface area contributed by atoms with Crippen LogP contribution in [0.1, 0.15) is 33.3 Å². The van der Waals surface area contributed by atoms with Gasteiger partial charge in [-0.15, -0.1) is 0 Å². The van der Waals surface area contributed by atoms with Crippen LogP contribution in [0.25, 0.3) is 5.69 Å². The van der Waals surface area contributed by atoms with Crippen molar-refractivity contribution < 1.29 is 9.31 Å². The molecule has 2 aromatic heterocycles. The van der Waals surface area contributed by atoms with Crippen LogP contribution in [0.5, 0.6) is 0 Å². The highest BCUT2D eigenvalue weighted by Gasteiger charge is 2.52. The van der Waals surface area contributed by atoms with Crippen molar-refractivity contribution in [3.63, 3.8) is 0 Å². The van der Waals surface area contributed by atoms with E-state index in [-0.39, 0.29) is 18.3 Å². The molecule has 0 saturated carbocycles. The number of pyridine rings is 1. The second-order valence-corrected chi connectivity index (χ2v) is 6.47. The zero-order chi connectivity index (χ0) is 15.3. The fraction of sp³-hybridized carbons (Fsp3) is 0.467. The second-order valence-electron chi connectivity index (χ2n) is 6.47. The van der Waals surface area contributed by atoms with Gasteiger partial charge in [-0.3, -0.25) is 4.98 Å². The third-order valence-electron chi connectivity index (χ3n) is 4.37. The lowest BCUT2D eigenvalue weighted by Gasteiger charge is -2.32. The minimum Gasteiger partial charge on any atom is -0.399 e. The van der Waals surface area contributed by atoms with Crippen LogP contribution in [0, 0.1) is 6.92 Å². The summed E-state index contributed by atoms with van der Waals surface area (Å²) in [5.41, 5.74) is 2.32. The highest BCUT2D eigenvalue weighted by atomic mass is 16.7. The van der Waals surface area contributed by atoms with E-state index in [0.29, 0.717) is 0 Å². The van der Waals surface area contributed by atoms with Gasteiger partial charge in [-0.1, -0.05) is 0 Å². The Balaban J connectivity index is 1.89. The fourth-order valence-electron chi connectivity index (χ4n) is 2.29. The van der Waals surface area contributed by atoms with Crippen LogP contribution in [-0.4, -0.2) is 33.1 Å². The summed E-state index contributed by atoms with van der Waals surface area (Å²) in [6, 6.07) is 1.94. The van der Waals surface area contributed by atoms with Gasteiger partial charge >= 0.3 is 7.12 Å². The van der Waals surface area contributed by atoms with Crippen LogP contribution >= 0.6 is 0 Å². The normalized spacial score (nSPS) is 20.0. The van der Waals surface area contributed by atoms with Crippen molar-refractivity contribution in [1.29, 1.82) is 0 Å². The van der Waals surface area contributed by atoms with Crippen molar-refractivity contribution in [1.82, 2.24) is 14.8 Å². The van der Waals surface area contributed by atoms with Gasteiger partial charge in [0.25, 0.3) is 0 Å². The maximum Gasteiger partial charge on any atom is 0.498 e. The Morgan fingerprint density at radius 2 is 1.76 bits per heavy atom. The lowest BCUT2D eigenvalue weighted by Crippen LogP contribution is -2.41. The van der Waals surface area contributed by atoms with E-state index in [1.54, 1.807) is 12.4 Å². The minimum absolute atomic E-state index is 0.341.